The summed E-state index contributed by atoms with van der Waals surface area (Å²) in [5.74, 6) is 0. The minimum absolute atomic E-state index is 0.0865. The minimum Gasteiger partial charge on any atom is -0.256 e. The van der Waals surface area contributed by atoms with E-state index in [9.17, 15) is 8.42 Å². The quantitative estimate of drug-likeness (QED) is 0.784. The predicted octanol–water partition coefficient (Wildman–Crippen LogP) is -0.135. The van der Waals surface area contributed by atoms with E-state index in [1.165, 1.54) is 16.9 Å². The van der Waals surface area contributed by atoms with Crippen molar-refractivity contribution in [2.24, 2.45) is 7.05 Å². The zero-order valence-electron chi connectivity index (χ0n) is 11.1. The van der Waals surface area contributed by atoms with Gasteiger partial charge in [-0.2, -0.15) is 9.40 Å². The molecule has 3 heterocycles. The third-order valence-electron chi connectivity index (χ3n) is 3.54. The topological polar surface area (TPSA) is 85.9 Å². The van der Waals surface area contributed by atoms with Gasteiger partial charge in [0, 0.05) is 25.8 Å². The Morgan fingerprint density at radius 2 is 2.25 bits per heavy atom. The molecule has 0 aromatic carbocycles. The molecule has 20 heavy (non-hydrogen) atoms. The Labute approximate surface area is 117 Å². The van der Waals surface area contributed by atoms with Gasteiger partial charge in [0.1, 0.15) is 0 Å². The lowest BCUT2D eigenvalue weighted by Crippen LogP contribution is -2.39. The lowest BCUT2D eigenvalue weighted by atomic mass is 10.2. The minimum atomic E-state index is -3.51. The molecule has 2 aromatic rings. The van der Waals surface area contributed by atoms with E-state index in [4.69, 9.17) is 0 Å². The van der Waals surface area contributed by atoms with E-state index < -0.39 is 10.0 Å². The summed E-state index contributed by atoms with van der Waals surface area (Å²) in [6, 6.07) is 1.44. The van der Waals surface area contributed by atoms with Crippen molar-refractivity contribution >= 4 is 10.0 Å². The lowest BCUT2D eigenvalue weighted by Gasteiger charge is -2.23. The molecule has 0 radical (unpaired) electrons. The van der Waals surface area contributed by atoms with E-state index in [0.29, 0.717) is 13.1 Å². The first-order valence-corrected chi connectivity index (χ1v) is 7.87. The van der Waals surface area contributed by atoms with Gasteiger partial charge in [-0.3, -0.25) is 9.36 Å². The molecule has 0 spiro atoms. The molecule has 1 fully saturated rings. The van der Waals surface area contributed by atoms with Crippen molar-refractivity contribution in [1.82, 2.24) is 29.1 Å². The van der Waals surface area contributed by atoms with Crippen LogP contribution in [0, 0.1) is 0 Å². The first-order valence-electron chi connectivity index (χ1n) is 6.43. The average molecular weight is 296 g/mol. The molecule has 1 atom stereocenters. The maximum Gasteiger partial charge on any atom is 0.260 e. The van der Waals surface area contributed by atoms with Crippen molar-refractivity contribution in [1.29, 1.82) is 0 Å². The first-order chi connectivity index (χ1) is 9.59. The molecular formula is C11H16N6O2S. The Balaban J connectivity index is 1.87. The highest BCUT2D eigenvalue weighted by Gasteiger charge is 2.36. The van der Waals surface area contributed by atoms with E-state index in [1.807, 2.05) is 0 Å². The Hall–Kier alpha value is -1.74. The van der Waals surface area contributed by atoms with E-state index >= 15 is 0 Å². The van der Waals surface area contributed by atoms with Gasteiger partial charge in [-0.25, -0.2) is 8.42 Å². The molecule has 0 bridgehead atoms. The third kappa shape index (κ3) is 2.22. The second-order valence-electron chi connectivity index (χ2n) is 4.83. The van der Waals surface area contributed by atoms with Gasteiger partial charge in [-0.15, -0.1) is 5.10 Å². The highest BCUT2D eigenvalue weighted by Crippen LogP contribution is 2.26. The molecule has 9 heteroatoms. The van der Waals surface area contributed by atoms with Crippen molar-refractivity contribution in [2.75, 3.05) is 6.54 Å². The van der Waals surface area contributed by atoms with Crippen LogP contribution in [0.3, 0.4) is 0 Å². The van der Waals surface area contributed by atoms with Crippen LogP contribution in [0.15, 0.2) is 29.7 Å². The van der Waals surface area contributed by atoms with Crippen molar-refractivity contribution < 1.29 is 8.42 Å². The van der Waals surface area contributed by atoms with Crippen molar-refractivity contribution in [3.63, 3.8) is 0 Å². The first kappa shape index (κ1) is 13.3. The Kier molecular flexibility index (Phi) is 3.30. The van der Waals surface area contributed by atoms with Crippen LogP contribution in [0.4, 0.5) is 0 Å². The van der Waals surface area contributed by atoms with Gasteiger partial charge < -0.3 is 0 Å². The summed E-state index contributed by atoms with van der Waals surface area (Å²) in [4.78, 5) is 0. The molecule has 0 amide bonds. The summed E-state index contributed by atoms with van der Waals surface area (Å²) < 4.78 is 30.0. The fourth-order valence-electron chi connectivity index (χ4n) is 2.59. The number of aromatic nitrogens is 5. The summed E-state index contributed by atoms with van der Waals surface area (Å²) in [6.07, 6.45) is 6.52. The zero-order chi connectivity index (χ0) is 14.2. The number of aryl methyl sites for hydroxylation is 1. The summed E-state index contributed by atoms with van der Waals surface area (Å²) in [7, 11) is -1.87. The predicted molar refractivity (Wildman–Crippen MR) is 70.1 cm³/mol. The van der Waals surface area contributed by atoms with Crippen LogP contribution in [-0.2, 0) is 23.6 Å². The SMILES string of the molecule is Cn1nccc1S(=O)(=O)N1CCC[C@H]1Cn1ccnn1. The largest absolute Gasteiger partial charge is 0.260 e. The van der Waals surface area contributed by atoms with E-state index in [1.54, 1.807) is 28.4 Å². The second-order valence-corrected chi connectivity index (χ2v) is 6.67. The van der Waals surface area contributed by atoms with E-state index in [0.717, 1.165) is 12.8 Å². The molecule has 108 valence electrons. The standard InChI is InChI=1S/C11H16N6O2S/c1-15-11(4-5-13-15)20(18,19)17-7-2-3-10(17)9-16-8-6-12-14-16/h4-6,8,10H,2-3,7,9H2,1H3/t10-/m0/s1. The summed E-state index contributed by atoms with van der Waals surface area (Å²) >= 11 is 0. The van der Waals surface area contributed by atoms with Crippen molar-refractivity contribution in [3.8, 4) is 0 Å². The number of sulfonamides is 1. The molecule has 3 rings (SSSR count). The van der Waals surface area contributed by atoms with Crippen LogP contribution < -0.4 is 0 Å². The summed E-state index contributed by atoms with van der Waals surface area (Å²) in [5.41, 5.74) is 0. The van der Waals surface area contributed by atoms with E-state index in [2.05, 4.69) is 15.4 Å². The smallest absolute Gasteiger partial charge is 0.256 e. The molecule has 1 aliphatic heterocycles. The highest BCUT2D eigenvalue weighted by atomic mass is 32.2. The molecule has 0 aliphatic carbocycles. The number of hydrogen-bond donors (Lipinski definition) is 0. The molecule has 1 saturated heterocycles. The number of nitrogens with zero attached hydrogens (tertiary/aromatic N) is 6. The molecule has 2 aromatic heterocycles. The summed E-state index contributed by atoms with van der Waals surface area (Å²) in [6.45, 7) is 1.06. The van der Waals surface area contributed by atoms with Crippen LogP contribution in [0.1, 0.15) is 12.8 Å². The fraction of sp³-hybridized carbons (Fsp3) is 0.545. The van der Waals surface area contributed by atoms with Crippen LogP contribution in [-0.4, -0.2) is 50.1 Å². The Morgan fingerprint density at radius 3 is 2.90 bits per heavy atom. The molecular weight excluding hydrogens is 280 g/mol. The molecule has 0 saturated carbocycles. The average Bonchev–Trinajstić information content (AvgIpc) is 3.10. The van der Waals surface area contributed by atoms with Crippen LogP contribution in [0.2, 0.25) is 0 Å². The Morgan fingerprint density at radius 1 is 1.40 bits per heavy atom. The molecule has 8 nitrogen and oxygen atoms in total. The van der Waals surface area contributed by atoms with E-state index in [-0.39, 0.29) is 11.1 Å². The van der Waals surface area contributed by atoms with Gasteiger partial charge >= 0.3 is 0 Å². The van der Waals surface area contributed by atoms with Gasteiger partial charge in [-0.1, -0.05) is 5.21 Å². The van der Waals surface area contributed by atoms with Gasteiger partial charge in [0.25, 0.3) is 10.0 Å². The monoisotopic (exact) mass is 296 g/mol. The summed E-state index contributed by atoms with van der Waals surface area (Å²) in [5, 5.41) is 11.8. The maximum absolute atomic E-state index is 12.7. The third-order valence-corrected chi connectivity index (χ3v) is 5.57. The lowest BCUT2D eigenvalue weighted by molar-refractivity contribution is 0.335. The molecule has 0 N–H and O–H groups in total. The number of hydrogen-bond acceptors (Lipinski definition) is 5. The van der Waals surface area contributed by atoms with Crippen molar-refractivity contribution in [3.05, 3.63) is 24.7 Å². The normalized spacial score (nSPS) is 20.6. The number of rotatable bonds is 4. The van der Waals surface area contributed by atoms with Gasteiger partial charge in [-0.05, 0) is 18.9 Å². The fourth-order valence-corrected chi connectivity index (χ4v) is 4.38. The second kappa shape index (κ2) is 4.98. The van der Waals surface area contributed by atoms with Crippen LogP contribution >= 0.6 is 0 Å². The molecule has 0 unspecified atom stereocenters. The van der Waals surface area contributed by atoms with Gasteiger partial charge in [0.05, 0.1) is 18.9 Å². The van der Waals surface area contributed by atoms with Crippen molar-refractivity contribution in [2.45, 2.75) is 30.5 Å². The van der Waals surface area contributed by atoms with Gasteiger partial charge in [0.15, 0.2) is 5.03 Å². The highest BCUT2D eigenvalue weighted by molar-refractivity contribution is 7.89. The zero-order valence-corrected chi connectivity index (χ0v) is 11.9. The molecule has 1 aliphatic rings. The van der Waals surface area contributed by atoms with Gasteiger partial charge in [0.2, 0.25) is 0 Å². The Bertz CT molecular complexity index is 678. The maximum atomic E-state index is 12.7. The van der Waals surface area contributed by atoms with Crippen LogP contribution in [0.5, 0.6) is 0 Å². The van der Waals surface area contributed by atoms with Crippen LogP contribution in [0.25, 0.3) is 0 Å².